The monoisotopic (exact) mass is 307 g/mol. The lowest BCUT2D eigenvalue weighted by Gasteiger charge is -2.41. The Hall–Kier alpha value is 0.0800. The van der Waals surface area contributed by atoms with Crippen molar-refractivity contribution in [3.63, 3.8) is 0 Å². The van der Waals surface area contributed by atoms with E-state index >= 15 is 0 Å². The highest BCUT2D eigenvalue weighted by Crippen LogP contribution is 2.58. The van der Waals surface area contributed by atoms with Crippen LogP contribution >= 0.6 is 6.19 Å². The van der Waals surface area contributed by atoms with Gasteiger partial charge in [-0.05, 0) is 18.0 Å². The number of methoxy groups -OCH3 is 1. The molecule has 0 rings (SSSR count). The highest BCUT2D eigenvalue weighted by Gasteiger charge is 2.38. The zero-order valence-corrected chi connectivity index (χ0v) is 15.3. The maximum Gasteiger partial charge on any atom is 0.323 e. The molecule has 0 spiro atoms. The molecule has 0 aliphatic rings. The van der Waals surface area contributed by atoms with Crippen molar-refractivity contribution in [1.29, 1.82) is 0 Å². The van der Waals surface area contributed by atoms with Gasteiger partial charge in [-0.25, -0.2) is 0 Å². The van der Waals surface area contributed by atoms with Crippen LogP contribution in [0.3, 0.4) is 0 Å². The number of nitrogens with one attached hydrogen (secondary N) is 1. The number of carbonyl (C=O) groups is 1. The van der Waals surface area contributed by atoms with Crippen molar-refractivity contribution in [1.82, 2.24) is 5.09 Å². The molecule has 0 amide bonds. The van der Waals surface area contributed by atoms with E-state index in [0.29, 0.717) is 11.6 Å². The van der Waals surface area contributed by atoms with Gasteiger partial charge >= 0.3 is 5.97 Å². The van der Waals surface area contributed by atoms with Gasteiger partial charge in [0.2, 0.25) is 0 Å². The second-order valence-corrected chi connectivity index (χ2v) is 12.4. The fraction of sp³-hybridized carbons (Fsp3) is 0.929. The van der Waals surface area contributed by atoms with Crippen molar-refractivity contribution in [3.05, 3.63) is 0 Å². The number of carbonyl (C=O) groups excluding carboxylic acids is 1. The first-order chi connectivity index (χ1) is 8.45. The molecule has 2 atom stereocenters. The number of rotatable bonds is 6. The first-order valence-electron chi connectivity index (χ1n) is 6.91. The lowest BCUT2D eigenvalue weighted by molar-refractivity contribution is -0.143. The minimum absolute atomic E-state index is 0.0141. The second kappa shape index (κ2) is 7.19. The molecule has 0 aliphatic heterocycles. The van der Waals surface area contributed by atoms with Crippen LogP contribution in [0.25, 0.3) is 0 Å². The summed E-state index contributed by atoms with van der Waals surface area (Å²) < 4.78 is 4.92. The number of hydrogen-bond donors (Lipinski definition) is 1. The van der Waals surface area contributed by atoms with Gasteiger partial charge in [-0.2, -0.15) is 0 Å². The summed E-state index contributed by atoms with van der Waals surface area (Å²) >= 11 is 5.95. The van der Waals surface area contributed by atoms with Crippen molar-refractivity contribution in [3.8, 4) is 0 Å². The van der Waals surface area contributed by atoms with E-state index in [-0.39, 0.29) is 17.2 Å². The lowest BCUT2D eigenvalue weighted by Crippen LogP contribution is -2.42. The van der Waals surface area contributed by atoms with Crippen molar-refractivity contribution < 1.29 is 9.53 Å². The Balaban J connectivity index is 5.28. The molecule has 0 aromatic rings. The van der Waals surface area contributed by atoms with Gasteiger partial charge in [0.05, 0.1) is 7.11 Å². The Morgan fingerprint density at radius 1 is 1.26 bits per heavy atom. The summed E-state index contributed by atoms with van der Waals surface area (Å²) in [4.78, 5) is 12.0. The van der Waals surface area contributed by atoms with E-state index in [1.807, 2.05) is 0 Å². The Bertz CT molecular complexity index is 348. The van der Waals surface area contributed by atoms with Gasteiger partial charge < -0.3 is 4.74 Å². The minimum Gasteiger partial charge on any atom is -0.468 e. The Labute approximate surface area is 123 Å². The van der Waals surface area contributed by atoms with Gasteiger partial charge in [0, 0.05) is 11.3 Å². The first-order valence-corrected chi connectivity index (χ1v) is 9.78. The standard InChI is InChI=1S/C14H30NO2PS/c1-10(2)9-12(13(16)17-8)15-18(19,11(3)4)14(5,6)7/h10-12H,9H2,1-8H3,(H,15,19). The van der Waals surface area contributed by atoms with Crippen LogP contribution in [0.5, 0.6) is 0 Å². The average Bonchev–Trinajstić information content (AvgIpc) is 2.24. The zero-order chi connectivity index (χ0) is 15.4. The molecule has 2 unspecified atom stereocenters. The number of esters is 1. The van der Waals surface area contributed by atoms with Crippen LogP contribution in [0.4, 0.5) is 0 Å². The molecule has 0 aromatic carbocycles. The number of ether oxygens (including phenoxy) is 1. The second-order valence-electron chi connectivity index (χ2n) is 6.76. The Kier molecular flexibility index (Phi) is 7.22. The van der Waals surface area contributed by atoms with Crippen LogP contribution in [0.2, 0.25) is 0 Å². The highest BCUT2D eigenvalue weighted by atomic mass is 32.4. The molecule has 114 valence electrons. The molecular weight excluding hydrogens is 277 g/mol. The predicted octanol–water partition coefficient (Wildman–Crippen LogP) is 3.77. The van der Waals surface area contributed by atoms with E-state index in [2.05, 4.69) is 53.6 Å². The molecule has 0 saturated carbocycles. The molecule has 0 saturated heterocycles. The summed E-state index contributed by atoms with van der Waals surface area (Å²) in [5, 5.41) is 3.49. The molecule has 19 heavy (non-hydrogen) atoms. The molecular formula is C14H30NO2PS. The maximum atomic E-state index is 12.0. The van der Waals surface area contributed by atoms with Gasteiger partial charge in [-0.3, -0.25) is 9.88 Å². The van der Waals surface area contributed by atoms with Gasteiger partial charge in [-0.15, -0.1) is 0 Å². The van der Waals surface area contributed by atoms with Crippen molar-refractivity contribution in [2.45, 2.75) is 71.7 Å². The summed E-state index contributed by atoms with van der Waals surface area (Å²) in [6.45, 7) is 15.0. The molecule has 3 nitrogen and oxygen atoms in total. The summed E-state index contributed by atoms with van der Waals surface area (Å²) in [5.74, 6) is 0.222. The minimum atomic E-state index is -1.87. The summed E-state index contributed by atoms with van der Waals surface area (Å²) in [7, 11) is 1.44. The Morgan fingerprint density at radius 2 is 1.74 bits per heavy atom. The first kappa shape index (κ1) is 19.1. The maximum absolute atomic E-state index is 12.0. The van der Waals surface area contributed by atoms with Gasteiger partial charge in [-0.1, -0.05) is 60.3 Å². The third-order valence-corrected chi connectivity index (χ3v) is 10.6. The fourth-order valence-electron chi connectivity index (χ4n) is 2.16. The van der Waals surface area contributed by atoms with Gasteiger partial charge in [0.1, 0.15) is 6.04 Å². The van der Waals surface area contributed by atoms with Crippen LogP contribution in [0.1, 0.15) is 54.9 Å². The third-order valence-electron chi connectivity index (χ3n) is 3.26. The number of hydrogen-bond acceptors (Lipinski definition) is 3. The van der Waals surface area contributed by atoms with Crippen molar-refractivity contribution in [2.75, 3.05) is 7.11 Å². The lowest BCUT2D eigenvalue weighted by atomic mass is 10.1. The predicted molar refractivity (Wildman–Crippen MR) is 87.6 cm³/mol. The van der Waals surface area contributed by atoms with Gasteiger partial charge in [0.15, 0.2) is 0 Å². The van der Waals surface area contributed by atoms with Crippen molar-refractivity contribution >= 4 is 24.0 Å². The fourth-order valence-corrected chi connectivity index (χ4v) is 5.45. The normalized spacial score (nSPS) is 17.4. The summed E-state index contributed by atoms with van der Waals surface area (Å²) in [6, 6.07) is -0.294. The van der Waals surface area contributed by atoms with Crippen molar-refractivity contribution in [2.24, 2.45) is 5.92 Å². The van der Waals surface area contributed by atoms with E-state index in [4.69, 9.17) is 16.5 Å². The molecule has 0 bridgehead atoms. The zero-order valence-electron chi connectivity index (χ0n) is 13.6. The van der Waals surface area contributed by atoms with Crippen LogP contribution in [-0.2, 0) is 21.3 Å². The molecule has 0 aliphatic carbocycles. The topological polar surface area (TPSA) is 38.3 Å². The van der Waals surface area contributed by atoms with Crippen LogP contribution in [0, 0.1) is 5.92 Å². The van der Waals surface area contributed by atoms with E-state index < -0.39 is 6.19 Å². The third kappa shape index (κ3) is 5.17. The van der Waals surface area contributed by atoms with E-state index in [0.717, 1.165) is 6.42 Å². The molecule has 1 N–H and O–H groups in total. The molecule has 5 heteroatoms. The smallest absolute Gasteiger partial charge is 0.323 e. The average molecular weight is 307 g/mol. The molecule has 0 heterocycles. The molecule has 0 fully saturated rings. The van der Waals surface area contributed by atoms with Crippen LogP contribution in [0.15, 0.2) is 0 Å². The highest BCUT2D eigenvalue weighted by molar-refractivity contribution is 8.14. The molecule has 0 aromatic heterocycles. The largest absolute Gasteiger partial charge is 0.468 e. The van der Waals surface area contributed by atoms with E-state index in [1.165, 1.54) is 7.11 Å². The van der Waals surface area contributed by atoms with Crippen LogP contribution in [-0.4, -0.2) is 29.9 Å². The SMILES string of the molecule is COC(=O)C(CC(C)C)NP(=S)(C(C)C)C(C)(C)C. The Morgan fingerprint density at radius 3 is 2.00 bits per heavy atom. The van der Waals surface area contributed by atoms with E-state index in [9.17, 15) is 4.79 Å². The summed E-state index contributed by atoms with van der Waals surface area (Å²) in [6.07, 6.45) is -1.11. The van der Waals surface area contributed by atoms with E-state index in [1.54, 1.807) is 0 Å². The quantitative estimate of drug-likeness (QED) is 0.599. The van der Waals surface area contributed by atoms with Crippen LogP contribution < -0.4 is 5.09 Å². The molecule has 0 radical (unpaired) electrons. The summed E-state index contributed by atoms with van der Waals surface area (Å²) in [5.41, 5.74) is 0.349. The van der Waals surface area contributed by atoms with Gasteiger partial charge in [0.25, 0.3) is 0 Å².